The molecule has 25 rings (SSSR count). The average Bonchev–Trinajstić information content (AvgIpc) is 1.77. The Morgan fingerprint density at radius 1 is 0.212 bits per heavy atom. The summed E-state index contributed by atoms with van der Waals surface area (Å²) >= 11 is 0. The topological polar surface area (TPSA) is 35.6 Å². The van der Waals surface area contributed by atoms with E-state index >= 15 is 0 Å². The second kappa shape index (κ2) is 72.9. The van der Waals surface area contributed by atoms with Crippen molar-refractivity contribution in [3.63, 3.8) is 0 Å². The smallest absolute Gasteiger partial charge is 0.0284 e. The Hall–Kier alpha value is -3.30. The third kappa shape index (κ3) is 44.9. The van der Waals surface area contributed by atoms with Crippen LogP contribution in [0.3, 0.4) is 0 Å². The number of fused-ring (bicyclic) bond motifs is 25. The highest BCUT2D eigenvalue weighted by Crippen LogP contribution is 2.43. The molecule has 0 aromatic rings. The van der Waals surface area contributed by atoms with Crippen LogP contribution in [0.2, 0.25) is 0 Å². The van der Waals surface area contributed by atoms with E-state index in [1.807, 2.05) is 152 Å². The number of hydrogen-bond donors (Lipinski definition) is 0. The second-order valence-electron chi connectivity index (χ2n) is 43.4. The van der Waals surface area contributed by atoms with Crippen molar-refractivity contribution in [2.75, 3.05) is 176 Å². The summed E-state index contributed by atoms with van der Waals surface area (Å²) in [6, 6.07) is 5.70. The van der Waals surface area contributed by atoms with Gasteiger partial charge in [-0.15, -0.1) is 0 Å². The van der Waals surface area contributed by atoms with Crippen molar-refractivity contribution in [2.45, 2.75) is 431 Å². The maximum Gasteiger partial charge on any atom is 0.0284 e. The third-order valence-corrected chi connectivity index (χ3v) is 32.5. The van der Waals surface area contributed by atoms with Crippen molar-refractivity contribution in [2.24, 2.45) is 76.9 Å². The van der Waals surface area contributed by atoms with Gasteiger partial charge < -0.3 is 34.3 Å². The summed E-state index contributed by atoms with van der Waals surface area (Å²) < 4.78 is 0. The SMILES string of the molecule is C/C1=C/C2CCCC(C1)CN(C)C2.CC.CC.CC.CC.CC.CC.CC.CC.CC.CC.CC.CC1=C2CC1CN(C)C2.CC1=C2CCC1CN(C)C2.CC1=CC2CC(C1)CN(C)C2.CC1=CC2CC(C1)N(C)C2.CC1=CC2CC1CN(C)C2.CC1=CC2CC1CN2C.CC1=CC2CCC(C1)CN(C)C2.CC1=CC2CCC(C1)N2C.CC1=CC2CCC1CN2C.CC1=CC2CCCC(C1)N2C. The molecule has 0 spiro atoms. The first-order chi connectivity index (χ1) is 65.8. The van der Waals surface area contributed by atoms with Crippen LogP contribution < -0.4 is 0 Å². The zero-order valence-electron chi connectivity index (χ0n) is 100. The molecule has 11 nitrogen and oxygen atoms in total. The minimum absolute atomic E-state index is 0.766. The van der Waals surface area contributed by atoms with Crippen LogP contribution in [-0.2, 0) is 0 Å². The maximum atomic E-state index is 2.55. The summed E-state index contributed by atoms with van der Waals surface area (Å²) in [6.07, 6.45) is 57.1. The number of piperidine rings is 5. The lowest BCUT2D eigenvalue weighted by Crippen LogP contribution is -2.45. The predicted molar refractivity (Wildman–Crippen MR) is 620 cm³/mol. The zero-order chi connectivity index (χ0) is 104. The normalized spacial score (nSPS) is 32.9. The lowest BCUT2D eigenvalue weighted by molar-refractivity contribution is 0.130. The molecule has 22 bridgehead atoms. The van der Waals surface area contributed by atoms with E-state index in [0.717, 1.165) is 119 Å². The van der Waals surface area contributed by atoms with Gasteiger partial charge in [-0.1, -0.05) is 292 Å². The van der Waals surface area contributed by atoms with Gasteiger partial charge >= 0.3 is 0 Å². The largest absolute Gasteiger partial charge is 0.305 e. The van der Waals surface area contributed by atoms with Crippen LogP contribution in [0.25, 0.3) is 0 Å². The summed E-state index contributed by atoms with van der Waals surface area (Å²) in [5.41, 5.74) is 21.4. The van der Waals surface area contributed by atoms with E-state index in [1.165, 1.54) is 259 Å². The Kier molecular flexibility index (Phi) is 70.1. The van der Waals surface area contributed by atoms with E-state index in [2.05, 4.69) is 262 Å². The summed E-state index contributed by atoms with van der Waals surface area (Å²) in [5.74, 6) is 11.7. The summed E-state index contributed by atoms with van der Waals surface area (Å²) in [6.45, 7) is 88.5. The highest BCUT2D eigenvalue weighted by molar-refractivity contribution is 5.31. The molecule has 0 radical (unpaired) electrons. The van der Waals surface area contributed by atoms with Gasteiger partial charge in [0.1, 0.15) is 0 Å². The molecule has 11 heteroatoms. The standard InChI is InChI=1S/C12H21N.C11H19N.2C10H17N.5C9H15N.2C8H13N.11C2H6/c1-10-6-11-4-3-5-12(7-10)9-13(2)8-11;1-9-5-10-3-4-11(6-9)8-12(2)7-10;1-8-3-9-5-10(4-8)7-11(2)6-9;1-8-6-9-4-3-5-10(7-8)11(9)2;1-7-3-8-4-9(7)6-10(2)5-8;1-7-3-8-5-9(4-7)10(2)6-8;1-7-8-3-4-9(7)6-10(2)5-8;1-7-5-9-4-3-8(7)6-10(9)2;1-7-5-8-3-4-9(6-7)10(8)2;1-6-7-3-8(6)5-9(2)4-7;1-6-3-8-4-7(6)5-9(8)2;11*1-2/h6,11-12H,3-5,7-9H2,1-2H3;5,10-11H,3-4,6-8H2,1-2H3;3,9-10H,4-7H2,1-2H3;6,9-10H,3-5,7H2,1-2H3;2*3,8-9H,4-6H2,1-2H3;8H,3-6H2,1-2H3;2*5,8-9H,3-4,6H2,1-2H3;7H,3-5H2,1-2H3;3,7-8H,4-5H2,1-2H3;11*1-2H3/b10-6-;;;;;;;;;;;;;;;;;;;;;. The Morgan fingerprint density at radius 3 is 1.02 bits per heavy atom. The van der Waals surface area contributed by atoms with Crippen LogP contribution in [0.1, 0.15) is 389 Å². The van der Waals surface area contributed by atoms with E-state index < -0.39 is 0 Å². The monoisotopic (exact) mass is 1910 g/mol. The third-order valence-electron chi connectivity index (χ3n) is 32.5. The molecule has 9 aliphatic carbocycles. The molecule has 0 saturated carbocycles. The molecule has 137 heavy (non-hydrogen) atoms. The summed E-state index contributed by atoms with van der Waals surface area (Å²) in [5, 5.41) is 0. The molecule has 0 amide bonds. The van der Waals surface area contributed by atoms with Crippen molar-refractivity contribution in [3.05, 3.63) is 127 Å². The fraction of sp³-hybridized carbons (Fsp3) is 0.825. The minimum Gasteiger partial charge on any atom is -0.305 e. The number of nitrogens with zero attached hydrogens (tertiary/aromatic N) is 11. The van der Waals surface area contributed by atoms with Gasteiger partial charge in [0.2, 0.25) is 0 Å². The van der Waals surface area contributed by atoms with Crippen molar-refractivity contribution < 1.29 is 0 Å². The number of likely N-dealkylation sites (tertiary alicyclic amines) is 6. The highest BCUT2D eigenvalue weighted by Gasteiger charge is 2.39. The lowest BCUT2D eigenvalue weighted by Gasteiger charge is -2.42. The fourth-order valence-corrected chi connectivity index (χ4v) is 26.2. The van der Waals surface area contributed by atoms with Gasteiger partial charge in [0.15, 0.2) is 0 Å². The van der Waals surface area contributed by atoms with E-state index in [1.54, 1.807) is 72.5 Å². The Labute approximate surface area is 859 Å². The van der Waals surface area contributed by atoms with Crippen LogP contribution in [0.5, 0.6) is 0 Å². The van der Waals surface area contributed by atoms with Gasteiger partial charge in [0.25, 0.3) is 0 Å². The van der Waals surface area contributed by atoms with Crippen molar-refractivity contribution in [3.8, 4) is 0 Å². The highest BCUT2D eigenvalue weighted by atomic mass is 15.2. The molecular weight excluding hydrogens is 1670 g/mol. The van der Waals surface area contributed by atoms with Crippen LogP contribution in [0.15, 0.2) is 127 Å². The zero-order valence-corrected chi connectivity index (χ0v) is 100. The first-order valence-electron chi connectivity index (χ1n) is 59.0. The van der Waals surface area contributed by atoms with E-state index in [9.17, 15) is 0 Å². The molecule has 20 unspecified atom stereocenters. The first-order valence-corrected chi connectivity index (χ1v) is 59.0. The number of hydrogen-bond acceptors (Lipinski definition) is 11. The predicted octanol–water partition coefficient (Wildman–Crippen LogP) is 31.2. The van der Waals surface area contributed by atoms with Gasteiger partial charge in [0.05, 0.1) is 0 Å². The molecule has 800 valence electrons. The molecule has 16 aliphatic heterocycles. The van der Waals surface area contributed by atoms with Gasteiger partial charge in [-0.2, -0.15) is 0 Å². The summed E-state index contributed by atoms with van der Waals surface area (Å²) in [4.78, 5) is 27.3. The molecule has 0 aromatic heterocycles. The van der Waals surface area contributed by atoms with Gasteiger partial charge in [0, 0.05) is 140 Å². The van der Waals surface area contributed by atoms with E-state index in [0.29, 0.717) is 0 Å². The first kappa shape index (κ1) is 132. The minimum atomic E-state index is 0.766. The molecule has 0 N–H and O–H groups in total. The average molecular weight is 1910 g/mol. The Morgan fingerprint density at radius 2 is 0.591 bits per heavy atom. The Bertz CT molecular complexity index is 3540. The molecule has 10 fully saturated rings. The molecule has 20 atom stereocenters. The molecular formula is C126H241N11. The molecule has 25 aliphatic rings. The van der Waals surface area contributed by atoms with Crippen molar-refractivity contribution in [1.29, 1.82) is 0 Å². The molecule has 16 heterocycles. The molecule has 0 aromatic carbocycles. The second-order valence-corrected chi connectivity index (χ2v) is 43.4. The number of allylic oxidation sites excluding steroid dienone is 3. The quantitative estimate of drug-likeness (QED) is 0.218. The van der Waals surface area contributed by atoms with Crippen LogP contribution in [0, 0.1) is 76.9 Å². The van der Waals surface area contributed by atoms with Gasteiger partial charge in [-0.25, -0.2) is 0 Å². The van der Waals surface area contributed by atoms with Crippen molar-refractivity contribution in [1.82, 2.24) is 53.9 Å². The maximum absolute atomic E-state index is 2.55. The van der Waals surface area contributed by atoms with E-state index in [-0.39, 0.29) is 0 Å². The Balaban J connectivity index is 0.000000739. The number of likely N-dealkylation sites (N-methyl/N-ethyl adjacent to an activating group) is 6. The van der Waals surface area contributed by atoms with Crippen molar-refractivity contribution >= 4 is 0 Å². The summed E-state index contributed by atoms with van der Waals surface area (Å²) in [7, 11) is 24.7. The fourth-order valence-electron chi connectivity index (χ4n) is 26.2. The van der Waals surface area contributed by atoms with E-state index in [4.69, 9.17) is 0 Å². The van der Waals surface area contributed by atoms with Gasteiger partial charge in [-0.3, -0.25) is 19.6 Å². The van der Waals surface area contributed by atoms with Gasteiger partial charge in [-0.05, 0) is 378 Å². The van der Waals surface area contributed by atoms with Crippen LogP contribution >= 0.6 is 0 Å². The number of rotatable bonds is 0. The van der Waals surface area contributed by atoms with Crippen LogP contribution in [-0.4, -0.2) is 272 Å². The van der Waals surface area contributed by atoms with Crippen LogP contribution in [0.4, 0.5) is 0 Å². The molecule has 10 saturated heterocycles. The lowest BCUT2D eigenvalue weighted by atomic mass is 9.75.